The van der Waals surface area contributed by atoms with E-state index in [0.29, 0.717) is 12.1 Å². The Hall–Kier alpha value is -0.860. The lowest BCUT2D eigenvalue weighted by molar-refractivity contribution is -0.723. The average Bonchev–Trinajstić information content (AvgIpc) is 2.28. The fraction of sp³-hybridized carbons (Fsp3) is 0.625. The van der Waals surface area contributed by atoms with Gasteiger partial charge in [-0.25, -0.2) is 0 Å². The van der Waals surface area contributed by atoms with E-state index in [2.05, 4.69) is 56.4 Å². The molecule has 100 valence electrons. The second-order valence-corrected chi connectivity index (χ2v) is 6.22. The van der Waals surface area contributed by atoms with Crippen LogP contribution in [0.5, 0.6) is 0 Å². The molecule has 2 atom stereocenters. The summed E-state index contributed by atoms with van der Waals surface area (Å²) in [7, 11) is 0. The zero-order chi connectivity index (χ0) is 13.0. The van der Waals surface area contributed by atoms with Gasteiger partial charge in [0.25, 0.3) is 0 Å². The molecule has 0 amide bonds. The summed E-state index contributed by atoms with van der Waals surface area (Å²) in [5, 5.41) is 2.54. The van der Waals surface area contributed by atoms with E-state index in [1.807, 2.05) is 0 Å². The van der Waals surface area contributed by atoms with Gasteiger partial charge in [-0.05, 0) is 26.3 Å². The van der Waals surface area contributed by atoms with Crippen LogP contribution in [-0.4, -0.2) is 24.3 Å². The highest BCUT2D eigenvalue weighted by Gasteiger charge is 2.31. The van der Waals surface area contributed by atoms with E-state index in [0.717, 1.165) is 19.4 Å². The van der Waals surface area contributed by atoms with Gasteiger partial charge in [0.15, 0.2) is 0 Å². The summed E-state index contributed by atoms with van der Waals surface area (Å²) in [6.45, 7) is 7.64. The SMILES string of the molecule is C[C@H](Cc1ccccc1)[NH2+][C@H]1CCOC(C)(C)C1. The van der Waals surface area contributed by atoms with Crippen LogP contribution in [0.15, 0.2) is 30.3 Å². The maximum atomic E-state index is 5.78. The number of hydrogen-bond donors (Lipinski definition) is 1. The van der Waals surface area contributed by atoms with Gasteiger partial charge in [0, 0.05) is 19.3 Å². The molecule has 1 fully saturated rings. The highest BCUT2D eigenvalue weighted by Crippen LogP contribution is 2.22. The number of benzene rings is 1. The minimum Gasteiger partial charge on any atom is -0.375 e. The molecule has 2 nitrogen and oxygen atoms in total. The number of ether oxygens (including phenoxy) is 1. The molecule has 0 bridgehead atoms. The number of quaternary nitrogens is 1. The van der Waals surface area contributed by atoms with Crippen LogP contribution in [0.25, 0.3) is 0 Å². The molecule has 1 aromatic rings. The first-order chi connectivity index (χ1) is 8.55. The number of hydrogen-bond acceptors (Lipinski definition) is 1. The van der Waals surface area contributed by atoms with Crippen molar-refractivity contribution < 1.29 is 10.1 Å². The van der Waals surface area contributed by atoms with Crippen LogP contribution in [0.1, 0.15) is 39.2 Å². The maximum absolute atomic E-state index is 5.78. The fourth-order valence-electron chi connectivity index (χ4n) is 2.96. The van der Waals surface area contributed by atoms with E-state index >= 15 is 0 Å². The first-order valence-electron chi connectivity index (χ1n) is 7.08. The van der Waals surface area contributed by atoms with Crippen LogP contribution < -0.4 is 5.32 Å². The van der Waals surface area contributed by atoms with Gasteiger partial charge in [0.05, 0.1) is 24.3 Å². The minimum atomic E-state index is 0.0614. The Bertz CT molecular complexity index is 361. The lowest BCUT2D eigenvalue weighted by Gasteiger charge is -2.35. The summed E-state index contributed by atoms with van der Waals surface area (Å²) in [4.78, 5) is 0. The quantitative estimate of drug-likeness (QED) is 0.868. The van der Waals surface area contributed by atoms with Crippen LogP contribution >= 0.6 is 0 Å². The fourth-order valence-corrected chi connectivity index (χ4v) is 2.96. The maximum Gasteiger partial charge on any atom is 0.0911 e. The van der Waals surface area contributed by atoms with Gasteiger partial charge in [-0.2, -0.15) is 0 Å². The third-order valence-electron chi connectivity index (χ3n) is 3.74. The molecule has 0 spiro atoms. The molecule has 1 heterocycles. The predicted molar refractivity (Wildman–Crippen MR) is 74.6 cm³/mol. The summed E-state index contributed by atoms with van der Waals surface area (Å²) < 4.78 is 5.78. The van der Waals surface area contributed by atoms with Crippen LogP contribution in [0.4, 0.5) is 0 Å². The van der Waals surface area contributed by atoms with Crippen molar-refractivity contribution in [1.82, 2.24) is 0 Å². The van der Waals surface area contributed by atoms with E-state index in [-0.39, 0.29) is 5.60 Å². The zero-order valence-electron chi connectivity index (χ0n) is 11.9. The van der Waals surface area contributed by atoms with Crippen LogP contribution in [0.2, 0.25) is 0 Å². The third-order valence-corrected chi connectivity index (χ3v) is 3.74. The van der Waals surface area contributed by atoms with Gasteiger partial charge >= 0.3 is 0 Å². The summed E-state index contributed by atoms with van der Waals surface area (Å²) >= 11 is 0. The van der Waals surface area contributed by atoms with Crippen molar-refractivity contribution in [1.29, 1.82) is 0 Å². The minimum absolute atomic E-state index is 0.0614. The Balaban J connectivity index is 1.82. The third kappa shape index (κ3) is 4.11. The topological polar surface area (TPSA) is 25.8 Å². The van der Waals surface area contributed by atoms with E-state index in [1.165, 1.54) is 12.0 Å². The van der Waals surface area contributed by atoms with Crippen LogP contribution in [-0.2, 0) is 11.2 Å². The standard InChI is InChI=1S/C16H25NO/c1-13(11-14-7-5-4-6-8-14)17-15-9-10-18-16(2,3)12-15/h4-8,13,15,17H,9-12H2,1-3H3/p+1/t13-,15+/m1/s1. The Kier molecular flexibility index (Phi) is 4.41. The van der Waals surface area contributed by atoms with Gasteiger partial charge in [0.2, 0.25) is 0 Å². The van der Waals surface area contributed by atoms with Crippen molar-refractivity contribution in [3.8, 4) is 0 Å². The predicted octanol–water partition coefficient (Wildman–Crippen LogP) is 2.14. The molecule has 2 N–H and O–H groups in total. The Morgan fingerprint density at radius 2 is 2.06 bits per heavy atom. The molecule has 1 aliphatic heterocycles. The smallest absolute Gasteiger partial charge is 0.0911 e. The molecule has 1 aromatic carbocycles. The normalized spacial score (nSPS) is 24.7. The largest absolute Gasteiger partial charge is 0.375 e. The molecule has 1 aliphatic rings. The number of rotatable bonds is 4. The van der Waals surface area contributed by atoms with Crippen molar-refractivity contribution >= 4 is 0 Å². The molecule has 0 saturated carbocycles. The van der Waals surface area contributed by atoms with Crippen LogP contribution in [0.3, 0.4) is 0 Å². The summed E-state index contributed by atoms with van der Waals surface area (Å²) in [6.07, 6.45) is 3.49. The molecule has 1 saturated heterocycles. The average molecular weight is 248 g/mol. The van der Waals surface area contributed by atoms with Crippen molar-refractivity contribution in [3.63, 3.8) is 0 Å². The molecule has 0 unspecified atom stereocenters. The van der Waals surface area contributed by atoms with Crippen LogP contribution in [0, 0.1) is 0 Å². The van der Waals surface area contributed by atoms with E-state index < -0.39 is 0 Å². The monoisotopic (exact) mass is 248 g/mol. The summed E-state index contributed by atoms with van der Waals surface area (Å²) in [5.74, 6) is 0. The molecule has 2 heteroatoms. The van der Waals surface area contributed by atoms with Gasteiger partial charge in [0.1, 0.15) is 0 Å². The highest BCUT2D eigenvalue weighted by atomic mass is 16.5. The second kappa shape index (κ2) is 5.85. The second-order valence-electron chi connectivity index (χ2n) is 6.22. The lowest BCUT2D eigenvalue weighted by atomic mass is 9.93. The zero-order valence-corrected chi connectivity index (χ0v) is 11.9. The molecule has 2 rings (SSSR count). The Morgan fingerprint density at radius 1 is 1.33 bits per heavy atom. The van der Waals surface area contributed by atoms with E-state index in [1.54, 1.807) is 0 Å². The molecular formula is C16H26NO+. The van der Waals surface area contributed by atoms with Gasteiger partial charge in [-0.3, -0.25) is 0 Å². The first kappa shape index (κ1) is 13.6. The molecule has 18 heavy (non-hydrogen) atoms. The first-order valence-corrected chi connectivity index (χ1v) is 7.08. The highest BCUT2D eigenvalue weighted by molar-refractivity contribution is 5.15. The van der Waals surface area contributed by atoms with Gasteiger partial charge < -0.3 is 10.1 Å². The van der Waals surface area contributed by atoms with Crippen molar-refractivity contribution in [3.05, 3.63) is 35.9 Å². The molecular weight excluding hydrogens is 222 g/mol. The number of nitrogens with two attached hydrogens (primary N) is 1. The van der Waals surface area contributed by atoms with Crippen molar-refractivity contribution in [2.75, 3.05) is 6.61 Å². The summed E-state index contributed by atoms with van der Waals surface area (Å²) in [6, 6.07) is 12.1. The van der Waals surface area contributed by atoms with Gasteiger partial charge in [-0.1, -0.05) is 30.3 Å². The summed E-state index contributed by atoms with van der Waals surface area (Å²) in [5.41, 5.74) is 1.50. The molecule has 0 aromatic heterocycles. The van der Waals surface area contributed by atoms with Crippen molar-refractivity contribution in [2.45, 2.75) is 57.7 Å². The van der Waals surface area contributed by atoms with E-state index in [9.17, 15) is 0 Å². The lowest BCUT2D eigenvalue weighted by Crippen LogP contribution is -2.95. The molecule has 0 radical (unpaired) electrons. The van der Waals surface area contributed by atoms with Crippen molar-refractivity contribution in [2.24, 2.45) is 0 Å². The Labute approximate surface area is 111 Å². The van der Waals surface area contributed by atoms with E-state index in [4.69, 9.17) is 4.74 Å². The molecule has 0 aliphatic carbocycles. The Morgan fingerprint density at radius 3 is 2.72 bits per heavy atom. The van der Waals surface area contributed by atoms with Gasteiger partial charge in [-0.15, -0.1) is 0 Å².